The van der Waals surface area contributed by atoms with Gasteiger partial charge in [-0.15, -0.1) is 0 Å². The van der Waals surface area contributed by atoms with Gasteiger partial charge in [0.05, 0.1) is 6.20 Å². The molecular weight excluding hydrogens is 280 g/mol. The highest BCUT2D eigenvalue weighted by atomic mass is 16.1. The van der Waals surface area contributed by atoms with E-state index < -0.39 is 0 Å². The van der Waals surface area contributed by atoms with Crippen molar-refractivity contribution >= 4 is 17.0 Å². The lowest BCUT2D eigenvalue weighted by Crippen LogP contribution is -2.17. The van der Waals surface area contributed by atoms with Crippen LogP contribution >= 0.6 is 0 Å². The topological polar surface area (TPSA) is 88.5 Å². The van der Waals surface area contributed by atoms with Crippen molar-refractivity contribution < 1.29 is 0 Å². The third-order valence-corrected chi connectivity index (χ3v) is 4.19. The van der Waals surface area contributed by atoms with E-state index in [-0.39, 0.29) is 5.56 Å². The maximum Gasteiger partial charge on any atom is 0.263 e. The number of H-pyrrole nitrogens is 1. The van der Waals surface area contributed by atoms with Gasteiger partial charge in [0.15, 0.2) is 5.65 Å². The molecule has 1 unspecified atom stereocenters. The van der Waals surface area contributed by atoms with Gasteiger partial charge in [0, 0.05) is 31.4 Å². The summed E-state index contributed by atoms with van der Waals surface area (Å²) >= 11 is 0. The molecule has 0 aliphatic heterocycles. The molecule has 0 radical (unpaired) electrons. The van der Waals surface area contributed by atoms with Crippen LogP contribution in [0.3, 0.4) is 0 Å². The standard InChI is InChI=1S/C15H16N6O/c1-21-13-11(8-18-21)14(22)20-15(19-13)17-7-10-5-4-9-3-2-6-16-12(9)10/h2-3,6,8,10H,4-5,7H2,1H3,(H2,17,19,20,22). The van der Waals surface area contributed by atoms with Crippen molar-refractivity contribution in [3.63, 3.8) is 0 Å². The highest BCUT2D eigenvalue weighted by Crippen LogP contribution is 2.30. The van der Waals surface area contributed by atoms with Crippen molar-refractivity contribution in [2.75, 3.05) is 11.9 Å². The minimum absolute atomic E-state index is 0.175. The van der Waals surface area contributed by atoms with E-state index in [9.17, 15) is 4.79 Å². The van der Waals surface area contributed by atoms with Crippen LogP contribution in [0.5, 0.6) is 0 Å². The Morgan fingerprint density at radius 3 is 3.32 bits per heavy atom. The fourth-order valence-corrected chi connectivity index (χ4v) is 3.03. The zero-order valence-corrected chi connectivity index (χ0v) is 12.2. The average molecular weight is 296 g/mol. The predicted molar refractivity (Wildman–Crippen MR) is 82.9 cm³/mol. The van der Waals surface area contributed by atoms with Crippen LogP contribution in [0, 0.1) is 0 Å². The molecule has 0 saturated carbocycles. The number of rotatable bonds is 3. The molecule has 0 amide bonds. The summed E-state index contributed by atoms with van der Waals surface area (Å²) < 4.78 is 1.60. The molecule has 0 aromatic carbocycles. The summed E-state index contributed by atoms with van der Waals surface area (Å²) in [6.45, 7) is 0.705. The van der Waals surface area contributed by atoms with E-state index in [1.54, 1.807) is 11.7 Å². The summed E-state index contributed by atoms with van der Waals surface area (Å²) in [4.78, 5) is 23.7. The minimum atomic E-state index is -0.175. The van der Waals surface area contributed by atoms with Crippen molar-refractivity contribution in [3.05, 3.63) is 46.1 Å². The molecule has 3 heterocycles. The molecular formula is C15H16N6O. The molecule has 3 aromatic rings. The van der Waals surface area contributed by atoms with Crippen molar-refractivity contribution in [3.8, 4) is 0 Å². The lowest BCUT2D eigenvalue weighted by Gasteiger charge is -2.12. The molecule has 7 nitrogen and oxygen atoms in total. The molecule has 112 valence electrons. The number of nitrogens with zero attached hydrogens (tertiary/aromatic N) is 4. The first-order chi connectivity index (χ1) is 10.7. The van der Waals surface area contributed by atoms with Gasteiger partial charge in [-0.3, -0.25) is 19.4 Å². The Labute approximate surface area is 126 Å². The van der Waals surface area contributed by atoms with Crippen LogP contribution in [-0.2, 0) is 13.5 Å². The number of hydrogen-bond acceptors (Lipinski definition) is 5. The average Bonchev–Trinajstić information content (AvgIpc) is 3.10. The Bertz CT molecular complexity index is 896. The molecule has 22 heavy (non-hydrogen) atoms. The second-order valence-electron chi connectivity index (χ2n) is 5.58. The Morgan fingerprint density at radius 1 is 1.50 bits per heavy atom. The Morgan fingerprint density at radius 2 is 2.41 bits per heavy atom. The van der Waals surface area contributed by atoms with Crippen LogP contribution in [0.25, 0.3) is 11.0 Å². The quantitative estimate of drug-likeness (QED) is 0.758. The van der Waals surface area contributed by atoms with Gasteiger partial charge in [-0.25, -0.2) is 0 Å². The fourth-order valence-electron chi connectivity index (χ4n) is 3.03. The molecule has 7 heteroatoms. The zero-order valence-electron chi connectivity index (χ0n) is 12.2. The molecule has 0 fully saturated rings. The molecule has 4 rings (SSSR count). The number of nitrogens with one attached hydrogen (secondary N) is 2. The number of hydrogen-bond donors (Lipinski definition) is 2. The van der Waals surface area contributed by atoms with Crippen molar-refractivity contribution in [1.82, 2.24) is 24.7 Å². The van der Waals surface area contributed by atoms with E-state index in [0.717, 1.165) is 18.5 Å². The lowest BCUT2D eigenvalue weighted by atomic mass is 10.1. The van der Waals surface area contributed by atoms with Crippen molar-refractivity contribution in [2.45, 2.75) is 18.8 Å². The summed E-state index contributed by atoms with van der Waals surface area (Å²) in [7, 11) is 1.77. The molecule has 0 bridgehead atoms. The first-order valence-electron chi connectivity index (χ1n) is 7.32. The van der Waals surface area contributed by atoms with Gasteiger partial charge in [0.1, 0.15) is 5.39 Å². The summed E-state index contributed by atoms with van der Waals surface area (Å²) in [5.41, 5.74) is 2.87. The van der Waals surface area contributed by atoms with Crippen LogP contribution in [0.1, 0.15) is 23.6 Å². The van der Waals surface area contributed by atoms with Gasteiger partial charge < -0.3 is 5.32 Å². The van der Waals surface area contributed by atoms with E-state index in [2.05, 4.69) is 31.4 Å². The van der Waals surface area contributed by atoms with Crippen LogP contribution < -0.4 is 10.9 Å². The molecule has 1 aliphatic rings. The Hall–Kier alpha value is -2.70. The highest BCUT2D eigenvalue weighted by molar-refractivity contribution is 5.74. The maximum absolute atomic E-state index is 12.0. The van der Waals surface area contributed by atoms with Crippen LogP contribution in [-0.4, -0.2) is 31.3 Å². The summed E-state index contributed by atoms with van der Waals surface area (Å²) in [5, 5.41) is 7.79. The van der Waals surface area contributed by atoms with Crippen LogP contribution in [0.2, 0.25) is 0 Å². The van der Waals surface area contributed by atoms with E-state index in [1.165, 1.54) is 11.8 Å². The Kier molecular flexibility index (Phi) is 2.92. The van der Waals surface area contributed by atoms with E-state index in [4.69, 9.17) is 0 Å². The third kappa shape index (κ3) is 2.05. The zero-order chi connectivity index (χ0) is 15.1. The van der Waals surface area contributed by atoms with E-state index in [0.29, 0.717) is 29.4 Å². The molecule has 3 aromatic heterocycles. The van der Waals surface area contributed by atoms with E-state index >= 15 is 0 Å². The van der Waals surface area contributed by atoms with Gasteiger partial charge in [-0.2, -0.15) is 10.1 Å². The van der Waals surface area contributed by atoms with Crippen LogP contribution in [0.4, 0.5) is 5.95 Å². The molecule has 2 N–H and O–H groups in total. The number of aromatic amines is 1. The van der Waals surface area contributed by atoms with Crippen molar-refractivity contribution in [2.24, 2.45) is 7.05 Å². The number of aromatic nitrogens is 5. The fraction of sp³-hybridized carbons (Fsp3) is 0.333. The van der Waals surface area contributed by atoms with Gasteiger partial charge in [-0.1, -0.05) is 6.07 Å². The first-order valence-corrected chi connectivity index (χ1v) is 7.32. The molecule has 0 spiro atoms. The third-order valence-electron chi connectivity index (χ3n) is 4.19. The van der Waals surface area contributed by atoms with Gasteiger partial charge in [-0.05, 0) is 24.5 Å². The summed E-state index contributed by atoms with van der Waals surface area (Å²) in [6.07, 6.45) is 5.48. The number of aryl methyl sites for hydroxylation is 2. The van der Waals surface area contributed by atoms with Crippen molar-refractivity contribution in [1.29, 1.82) is 0 Å². The number of pyridine rings is 1. The molecule has 0 saturated heterocycles. The van der Waals surface area contributed by atoms with Gasteiger partial charge in [0.25, 0.3) is 5.56 Å². The summed E-state index contributed by atoms with van der Waals surface area (Å²) in [6, 6.07) is 4.11. The largest absolute Gasteiger partial charge is 0.355 e. The Balaban J connectivity index is 1.58. The predicted octanol–water partition coefficient (Wildman–Crippen LogP) is 1.19. The molecule has 1 atom stereocenters. The summed E-state index contributed by atoms with van der Waals surface area (Å²) in [5.74, 6) is 0.828. The number of fused-ring (bicyclic) bond motifs is 2. The van der Waals surface area contributed by atoms with Crippen LogP contribution in [0.15, 0.2) is 29.3 Å². The smallest absolute Gasteiger partial charge is 0.263 e. The molecule has 1 aliphatic carbocycles. The second kappa shape index (κ2) is 4.94. The van der Waals surface area contributed by atoms with E-state index in [1.807, 2.05) is 12.3 Å². The SMILES string of the molecule is Cn1ncc2c(=O)[nH]c(NCC3CCc4cccnc43)nc21. The number of anilines is 1. The van der Waals surface area contributed by atoms with Gasteiger partial charge >= 0.3 is 0 Å². The minimum Gasteiger partial charge on any atom is -0.355 e. The van der Waals surface area contributed by atoms with Gasteiger partial charge in [0.2, 0.25) is 5.95 Å². The first kappa shape index (κ1) is 13.0. The normalized spacial score (nSPS) is 16.9. The highest BCUT2D eigenvalue weighted by Gasteiger charge is 2.23. The second-order valence-corrected chi connectivity index (χ2v) is 5.58. The lowest BCUT2D eigenvalue weighted by molar-refractivity contribution is 0.690. The monoisotopic (exact) mass is 296 g/mol. The maximum atomic E-state index is 12.0.